The Kier molecular flexibility index (Phi) is 1.10. The van der Waals surface area contributed by atoms with Crippen LogP contribution in [0.5, 0.6) is 0 Å². The van der Waals surface area contributed by atoms with Crippen molar-refractivity contribution in [3.8, 4) is 0 Å². The molecule has 0 N–H and O–H groups in total. The highest BCUT2D eigenvalue weighted by Gasteiger charge is 2.79. The number of fused-ring (bicyclic) bond motifs is 2. The van der Waals surface area contributed by atoms with Crippen molar-refractivity contribution >= 4 is 11.9 Å². The van der Waals surface area contributed by atoms with Gasteiger partial charge in [-0.1, -0.05) is 18.6 Å². The summed E-state index contributed by atoms with van der Waals surface area (Å²) in [4.78, 5) is 24.0. The van der Waals surface area contributed by atoms with Crippen LogP contribution < -0.4 is 0 Å². The molecule has 4 rings (SSSR count). The van der Waals surface area contributed by atoms with Crippen molar-refractivity contribution in [1.82, 2.24) is 0 Å². The minimum absolute atomic E-state index is 0.234. The third-order valence-corrected chi connectivity index (χ3v) is 5.20. The van der Waals surface area contributed by atoms with E-state index < -0.39 is 10.8 Å². The molecule has 0 spiro atoms. The molecule has 3 nitrogen and oxygen atoms in total. The van der Waals surface area contributed by atoms with Crippen LogP contribution >= 0.6 is 0 Å². The van der Waals surface area contributed by atoms with E-state index in [-0.39, 0.29) is 23.8 Å². The lowest BCUT2D eigenvalue weighted by Crippen LogP contribution is -2.43. The molecule has 0 aromatic rings. The first-order valence-electron chi connectivity index (χ1n) is 5.67. The minimum Gasteiger partial charge on any atom is -0.392 e. The molecule has 3 fully saturated rings. The van der Waals surface area contributed by atoms with E-state index in [9.17, 15) is 9.59 Å². The Bertz CT molecular complexity index is 389. The number of allylic oxidation sites excluding steroid dienone is 2. The number of hydrogen-bond acceptors (Lipinski definition) is 3. The number of hydrogen-bond donors (Lipinski definition) is 0. The molecule has 2 saturated carbocycles. The highest BCUT2D eigenvalue weighted by atomic mass is 16.6. The van der Waals surface area contributed by atoms with E-state index in [0.29, 0.717) is 0 Å². The second-order valence-electron chi connectivity index (χ2n) is 5.31. The van der Waals surface area contributed by atoms with Crippen LogP contribution in [0.3, 0.4) is 0 Å². The fraction of sp³-hybridized carbons (Fsp3) is 0.667. The molecule has 0 aromatic heterocycles. The fourth-order valence-electron chi connectivity index (χ4n) is 4.69. The van der Waals surface area contributed by atoms with E-state index in [1.165, 1.54) is 0 Å². The summed E-state index contributed by atoms with van der Waals surface area (Å²) in [6.07, 6.45) is 7.95. The summed E-state index contributed by atoms with van der Waals surface area (Å²) in [7, 11) is 0. The Morgan fingerprint density at radius 2 is 1.60 bits per heavy atom. The molecular weight excluding hydrogens is 192 g/mol. The van der Waals surface area contributed by atoms with Gasteiger partial charge in [0, 0.05) is 0 Å². The maximum Gasteiger partial charge on any atom is 0.321 e. The van der Waals surface area contributed by atoms with E-state index in [1.807, 2.05) is 0 Å². The number of ether oxygens (including phenoxy) is 1. The average molecular weight is 204 g/mol. The number of cyclic esters (lactones) is 2. The van der Waals surface area contributed by atoms with Crippen LogP contribution in [0.1, 0.15) is 25.7 Å². The Labute approximate surface area is 87.5 Å². The van der Waals surface area contributed by atoms with Gasteiger partial charge >= 0.3 is 11.9 Å². The third kappa shape index (κ3) is 0.545. The zero-order valence-corrected chi connectivity index (χ0v) is 8.36. The van der Waals surface area contributed by atoms with Crippen LogP contribution in [-0.2, 0) is 14.3 Å². The van der Waals surface area contributed by atoms with Gasteiger partial charge in [-0.15, -0.1) is 0 Å². The summed E-state index contributed by atoms with van der Waals surface area (Å²) in [6, 6.07) is 0. The van der Waals surface area contributed by atoms with Gasteiger partial charge in [-0.05, 0) is 31.1 Å². The first-order valence-corrected chi connectivity index (χ1v) is 5.67. The summed E-state index contributed by atoms with van der Waals surface area (Å²) in [5.41, 5.74) is -0.910. The van der Waals surface area contributed by atoms with Gasteiger partial charge in [0.15, 0.2) is 0 Å². The first-order chi connectivity index (χ1) is 7.22. The fourth-order valence-corrected chi connectivity index (χ4v) is 4.69. The zero-order valence-electron chi connectivity index (χ0n) is 8.36. The molecular formula is C12H12O3. The van der Waals surface area contributed by atoms with Gasteiger partial charge < -0.3 is 4.74 Å². The topological polar surface area (TPSA) is 43.4 Å². The minimum atomic E-state index is -0.455. The van der Waals surface area contributed by atoms with Crippen molar-refractivity contribution in [3.63, 3.8) is 0 Å². The predicted molar refractivity (Wildman–Crippen MR) is 50.6 cm³/mol. The van der Waals surface area contributed by atoms with Gasteiger partial charge in [-0.25, -0.2) is 0 Å². The third-order valence-electron chi connectivity index (χ3n) is 5.20. The van der Waals surface area contributed by atoms with Gasteiger partial charge in [0.1, 0.15) is 0 Å². The highest BCUT2D eigenvalue weighted by molar-refractivity contribution is 6.04. The van der Waals surface area contributed by atoms with E-state index in [4.69, 9.17) is 4.74 Å². The van der Waals surface area contributed by atoms with Gasteiger partial charge in [-0.3, -0.25) is 9.59 Å². The molecule has 0 unspecified atom stereocenters. The number of carbonyl (C=O) groups excluding carboxylic acids is 2. The summed E-state index contributed by atoms with van der Waals surface area (Å²) < 4.78 is 4.94. The summed E-state index contributed by atoms with van der Waals surface area (Å²) >= 11 is 0. The molecule has 1 heterocycles. The Hall–Kier alpha value is -1.12. The molecule has 15 heavy (non-hydrogen) atoms. The molecule has 0 radical (unpaired) electrons. The number of rotatable bonds is 0. The van der Waals surface area contributed by atoms with Crippen LogP contribution in [0.4, 0.5) is 0 Å². The van der Waals surface area contributed by atoms with Crippen LogP contribution in [0.2, 0.25) is 0 Å². The van der Waals surface area contributed by atoms with Crippen molar-refractivity contribution in [2.24, 2.45) is 22.7 Å². The van der Waals surface area contributed by atoms with Crippen molar-refractivity contribution < 1.29 is 14.3 Å². The van der Waals surface area contributed by atoms with Crippen molar-refractivity contribution in [2.75, 3.05) is 0 Å². The molecule has 4 aliphatic rings. The predicted octanol–water partition coefficient (Wildman–Crippen LogP) is 1.43. The van der Waals surface area contributed by atoms with E-state index in [1.54, 1.807) is 0 Å². The summed E-state index contributed by atoms with van der Waals surface area (Å²) in [6.45, 7) is 0. The normalized spacial score (nSPS) is 54.7. The average Bonchev–Trinajstić information content (AvgIpc) is 2.89. The number of carbonyl (C=O) groups is 2. The van der Waals surface area contributed by atoms with Crippen molar-refractivity contribution in [3.05, 3.63) is 12.2 Å². The van der Waals surface area contributed by atoms with Crippen molar-refractivity contribution in [1.29, 1.82) is 0 Å². The largest absolute Gasteiger partial charge is 0.392 e. The standard InChI is InChI=1S/C12H12O3/c13-9-11-4-1-5-12(11,10(14)15-9)8-3-2-7(11)6-8/h2-3,7-8H,1,4-6H2/t7-,8-,11-,12+/m1/s1. The molecule has 2 bridgehead atoms. The summed E-state index contributed by atoms with van der Waals surface area (Å²) in [5, 5.41) is 0. The quantitative estimate of drug-likeness (QED) is 0.340. The van der Waals surface area contributed by atoms with Gasteiger partial charge in [-0.2, -0.15) is 0 Å². The molecule has 3 aliphatic carbocycles. The van der Waals surface area contributed by atoms with E-state index in [0.717, 1.165) is 25.7 Å². The second-order valence-corrected chi connectivity index (χ2v) is 5.31. The van der Waals surface area contributed by atoms with Crippen LogP contribution in [0, 0.1) is 22.7 Å². The lowest BCUT2D eigenvalue weighted by Gasteiger charge is -2.34. The highest BCUT2D eigenvalue weighted by Crippen LogP contribution is 2.74. The second kappa shape index (κ2) is 2.04. The summed E-state index contributed by atoms with van der Waals surface area (Å²) in [5.74, 6) is 0.0663. The van der Waals surface area contributed by atoms with Gasteiger partial charge in [0.25, 0.3) is 0 Å². The zero-order chi connectivity index (χ0) is 10.3. The van der Waals surface area contributed by atoms with Crippen LogP contribution in [0.15, 0.2) is 12.2 Å². The molecule has 4 atom stereocenters. The smallest absolute Gasteiger partial charge is 0.321 e. The van der Waals surface area contributed by atoms with E-state index in [2.05, 4.69) is 12.2 Å². The molecule has 0 amide bonds. The van der Waals surface area contributed by atoms with Crippen molar-refractivity contribution in [2.45, 2.75) is 25.7 Å². The lowest BCUT2D eigenvalue weighted by atomic mass is 9.61. The van der Waals surface area contributed by atoms with E-state index >= 15 is 0 Å². The number of esters is 2. The Morgan fingerprint density at radius 3 is 2.13 bits per heavy atom. The van der Waals surface area contributed by atoms with Gasteiger partial charge in [0.05, 0.1) is 10.8 Å². The lowest BCUT2D eigenvalue weighted by molar-refractivity contribution is -0.157. The van der Waals surface area contributed by atoms with Crippen LogP contribution in [0.25, 0.3) is 0 Å². The molecule has 0 aromatic carbocycles. The Morgan fingerprint density at radius 1 is 1.07 bits per heavy atom. The SMILES string of the molecule is O=C1OC(=O)[C@@]23CCC[C@@]12[C@@H]1C=C[C@@H]3C1. The maximum absolute atomic E-state index is 12.0. The molecule has 78 valence electrons. The van der Waals surface area contributed by atoms with Crippen LogP contribution in [-0.4, -0.2) is 11.9 Å². The maximum atomic E-state index is 12.0. The molecule has 1 aliphatic heterocycles. The monoisotopic (exact) mass is 204 g/mol. The first kappa shape index (κ1) is 8.08. The molecule has 1 saturated heterocycles. The molecule has 3 heteroatoms. The van der Waals surface area contributed by atoms with Gasteiger partial charge in [0.2, 0.25) is 0 Å². The Balaban J connectivity index is 2.05.